The van der Waals surface area contributed by atoms with E-state index in [-0.39, 0.29) is 18.5 Å². The van der Waals surface area contributed by atoms with Crippen LogP contribution in [-0.4, -0.2) is 54.5 Å². The molecular weight excluding hydrogens is 428 g/mol. The number of carbonyl (C=O) groups is 2. The smallest absolute Gasteiger partial charge is 0.348 e. The zero-order chi connectivity index (χ0) is 20.4. The minimum atomic E-state index is -0.376. The first-order chi connectivity index (χ1) is 14.0. The molecule has 1 saturated heterocycles. The van der Waals surface area contributed by atoms with E-state index >= 15 is 0 Å². The van der Waals surface area contributed by atoms with Crippen molar-refractivity contribution in [1.82, 2.24) is 9.80 Å². The Labute approximate surface area is 184 Å². The van der Waals surface area contributed by atoms with Crippen molar-refractivity contribution in [2.24, 2.45) is 5.92 Å². The van der Waals surface area contributed by atoms with Gasteiger partial charge in [-0.05, 0) is 48.9 Å². The lowest BCUT2D eigenvalue weighted by Gasteiger charge is -2.34. The molecule has 2 aliphatic rings. The van der Waals surface area contributed by atoms with Crippen LogP contribution in [0.2, 0.25) is 4.34 Å². The zero-order valence-corrected chi connectivity index (χ0v) is 18.9. The van der Waals surface area contributed by atoms with Crippen LogP contribution in [0.15, 0.2) is 18.2 Å². The molecule has 1 amide bonds. The molecule has 0 aromatic carbocycles. The highest BCUT2D eigenvalue weighted by molar-refractivity contribution is 7.16. The van der Waals surface area contributed by atoms with Crippen molar-refractivity contribution in [1.29, 1.82) is 0 Å². The van der Waals surface area contributed by atoms with Crippen LogP contribution in [-0.2, 0) is 28.9 Å². The first-order valence-corrected chi connectivity index (χ1v) is 12.0. The molecule has 29 heavy (non-hydrogen) atoms. The Balaban J connectivity index is 1.22. The monoisotopic (exact) mass is 452 g/mol. The third-order valence-corrected chi connectivity index (χ3v) is 8.02. The Morgan fingerprint density at radius 2 is 2.00 bits per heavy atom. The van der Waals surface area contributed by atoms with Gasteiger partial charge in [0.05, 0.1) is 4.34 Å². The number of thiophene rings is 2. The van der Waals surface area contributed by atoms with E-state index in [1.807, 2.05) is 18.2 Å². The van der Waals surface area contributed by atoms with E-state index in [0.717, 1.165) is 36.8 Å². The number of halogens is 1. The van der Waals surface area contributed by atoms with Crippen LogP contribution in [0.5, 0.6) is 0 Å². The summed E-state index contributed by atoms with van der Waals surface area (Å²) in [6.45, 7) is 5.85. The van der Waals surface area contributed by atoms with E-state index in [9.17, 15) is 9.59 Å². The molecule has 1 aliphatic heterocycles. The van der Waals surface area contributed by atoms with Crippen molar-refractivity contribution in [2.45, 2.75) is 32.7 Å². The summed E-state index contributed by atoms with van der Waals surface area (Å²) >= 11 is 9.10. The predicted molar refractivity (Wildman–Crippen MR) is 117 cm³/mol. The van der Waals surface area contributed by atoms with E-state index in [1.165, 1.54) is 33.1 Å². The van der Waals surface area contributed by atoms with E-state index < -0.39 is 0 Å². The number of nitrogens with zero attached hydrogens (tertiary/aromatic N) is 2. The SMILES string of the molecule is CC1CCc2sc(C(=O)OCC(=O)N3CCN(Cc4ccc(Cl)s4)CC3)cc2C1. The van der Waals surface area contributed by atoms with E-state index in [0.29, 0.717) is 23.9 Å². The number of fused-ring (bicyclic) bond motifs is 1. The van der Waals surface area contributed by atoms with Crippen molar-refractivity contribution < 1.29 is 14.3 Å². The van der Waals surface area contributed by atoms with Gasteiger partial charge >= 0.3 is 5.97 Å². The summed E-state index contributed by atoms with van der Waals surface area (Å²) in [7, 11) is 0. The fourth-order valence-corrected chi connectivity index (χ4v) is 6.14. The molecular formula is C21H25ClN2O3S2. The molecule has 3 heterocycles. The van der Waals surface area contributed by atoms with Crippen LogP contribution >= 0.6 is 34.3 Å². The molecule has 0 bridgehead atoms. The van der Waals surface area contributed by atoms with Crippen molar-refractivity contribution in [3.63, 3.8) is 0 Å². The molecule has 1 aliphatic carbocycles. The third kappa shape index (κ3) is 5.20. The van der Waals surface area contributed by atoms with Gasteiger partial charge in [-0.25, -0.2) is 4.79 Å². The molecule has 0 saturated carbocycles. The lowest BCUT2D eigenvalue weighted by Crippen LogP contribution is -2.49. The summed E-state index contributed by atoms with van der Waals surface area (Å²) in [5, 5.41) is 0. The number of aryl methyl sites for hydroxylation is 1. The second kappa shape index (κ2) is 9.16. The van der Waals surface area contributed by atoms with Gasteiger partial charge in [-0.15, -0.1) is 22.7 Å². The maximum Gasteiger partial charge on any atom is 0.348 e. The Bertz CT molecular complexity index is 886. The lowest BCUT2D eigenvalue weighted by molar-refractivity contribution is -0.136. The average molecular weight is 453 g/mol. The third-order valence-electron chi connectivity index (χ3n) is 5.59. The molecule has 0 radical (unpaired) electrons. The maximum atomic E-state index is 12.5. The maximum absolute atomic E-state index is 12.5. The van der Waals surface area contributed by atoms with Gasteiger partial charge in [-0.3, -0.25) is 9.69 Å². The van der Waals surface area contributed by atoms with E-state index in [2.05, 4.69) is 11.8 Å². The number of carbonyl (C=O) groups excluding carboxylic acids is 2. The summed E-state index contributed by atoms with van der Waals surface area (Å²) in [6, 6.07) is 5.92. The van der Waals surface area contributed by atoms with Gasteiger partial charge in [0.25, 0.3) is 5.91 Å². The second-order valence-corrected chi connectivity index (χ2v) is 10.8. The van der Waals surface area contributed by atoms with Crippen LogP contribution in [0.4, 0.5) is 0 Å². The molecule has 5 nitrogen and oxygen atoms in total. The first-order valence-electron chi connectivity index (χ1n) is 10.0. The van der Waals surface area contributed by atoms with E-state index in [4.69, 9.17) is 16.3 Å². The first kappa shape index (κ1) is 20.8. The van der Waals surface area contributed by atoms with Crippen LogP contribution in [0.1, 0.15) is 38.3 Å². The Morgan fingerprint density at radius 1 is 1.21 bits per heavy atom. The lowest BCUT2D eigenvalue weighted by atomic mass is 9.90. The molecule has 1 atom stereocenters. The minimum Gasteiger partial charge on any atom is -0.451 e. The van der Waals surface area contributed by atoms with Crippen molar-refractivity contribution >= 4 is 46.2 Å². The summed E-state index contributed by atoms with van der Waals surface area (Å²) in [5.74, 6) is 0.170. The van der Waals surface area contributed by atoms with Crippen LogP contribution in [0.3, 0.4) is 0 Å². The number of ether oxygens (including phenoxy) is 1. The average Bonchev–Trinajstić information content (AvgIpc) is 3.32. The van der Waals surface area contributed by atoms with Crippen LogP contribution < -0.4 is 0 Å². The van der Waals surface area contributed by atoms with Gasteiger partial charge in [0.2, 0.25) is 0 Å². The molecule has 1 unspecified atom stereocenters. The number of rotatable bonds is 5. The number of piperazine rings is 1. The van der Waals surface area contributed by atoms with Crippen molar-refractivity contribution in [3.8, 4) is 0 Å². The van der Waals surface area contributed by atoms with Crippen molar-refractivity contribution in [2.75, 3.05) is 32.8 Å². The Kier molecular flexibility index (Phi) is 6.59. The largest absolute Gasteiger partial charge is 0.451 e. The molecule has 4 rings (SSSR count). The van der Waals surface area contributed by atoms with Gasteiger partial charge in [0, 0.05) is 42.5 Å². The molecule has 0 spiro atoms. The summed E-state index contributed by atoms with van der Waals surface area (Å²) in [4.78, 5) is 32.1. The van der Waals surface area contributed by atoms with Crippen molar-refractivity contribution in [3.05, 3.63) is 42.7 Å². The number of amides is 1. The predicted octanol–water partition coefficient (Wildman–Crippen LogP) is 4.09. The molecule has 1 fully saturated rings. The normalized spacial score (nSPS) is 19.8. The Hall–Kier alpha value is -1.41. The van der Waals surface area contributed by atoms with Crippen LogP contribution in [0, 0.1) is 5.92 Å². The topological polar surface area (TPSA) is 49.9 Å². The molecule has 2 aromatic rings. The zero-order valence-electron chi connectivity index (χ0n) is 16.5. The van der Waals surface area contributed by atoms with Gasteiger partial charge in [0.1, 0.15) is 4.88 Å². The van der Waals surface area contributed by atoms with Gasteiger partial charge in [0.15, 0.2) is 6.61 Å². The molecule has 0 N–H and O–H groups in total. The molecule has 156 valence electrons. The summed E-state index contributed by atoms with van der Waals surface area (Å²) in [5.41, 5.74) is 1.27. The minimum absolute atomic E-state index is 0.118. The van der Waals surface area contributed by atoms with Gasteiger partial charge < -0.3 is 9.64 Å². The molecule has 8 heteroatoms. The fraction of sp³-hybridized carbons (Fsp3) is 0.524. The van der Waals surface area contributed by atoms with Gasteiger partial charge in [-0.2, -0.15) is 0 Å². The standard InChI is InChI=1S/C21H25ClN2O3S2/c1-14-2-4-17-15(10-14)11-18(29-17)21(26)27-13-20(25)24-8-6-23(7-9-24)12-16-3-5-19(22)28-16/h3,5,11,14H,2,4,6-10,12-13H2,1H3. The van der Waals surface area contributed by atoms with Crippen LogP contribution in [0.25, 0.3) is 0 Å². The Morgan fingerprint density at radius 3 is 2.72 bits per heavy atom. The number of hydrogen-bond donors (Lipinski definition) is 0. The summed E-state index contributed by atoms with van der Waals surface area (Å²) < 4.78 is 6.13. The van der Waals surface area contributed by atoms with E-state index in [1.54, 1.807) is 16.2 Å². The highest BCUT2D eigenvalue weighted by Crippen LogP contribution is 2.32. The second-order valence-electron chi connectivity index (χ2n) is 7.85. The molecule has 2 aromatic heterocycles. The number of hydrogen-bond acceptors (Lipinski definition) is 6. The van der Waals surface area contributed by atoms with Gasteiger partial charge in [-0.1, -0.05) is 18.5 Å². The summed E-state index contributed by atoms with van der Waals surface area (Å²) in [6.07, 6.45) is 3.24. The fourth-order valence-electron chi connectivity index (χ4n) is 3.91. The highest BCUT2D eigenvalue weighted by Gasteiger charge is 2.24. The number of esters is 1. The highest BCUT2D eigenvalue weighted by atomic mass is 35.5. The quantitative estimate of drug-likeness (QED) is 0.641.